The highest BCUT2D eigenvalue weighted by Crippen LogP contribution is 2.24. The number of ketones is 1. The average Bonchev–Trinajstić information content (AvgIpc) is 3.08. The van der Waals surface area contributed by atoms with Gasteiger partial charge in [0.1, 0.15) is 23.0 Å². The molecule has 0 amide bonds. The molecule has 0 saturated carbocycles. The number of aryl methyl sites for hydroxylation is 1. The van der Waals surface area contributed by atoms with Crippen molar-refractivity contribution in [1.82, 2.24) is 0 Å². The van der Waals surface area contributed by atoms with Crippen LogP contribution in [0.25, 0.3) is 0 Å². The molecule has 0 bridgehead atoms. The molecule has 10 nitrogen and oxygen atoms in total. The molecule has 0 fully saturated rings. The highest BCUT2D eigenvalue weighted by molar-refractivity contribution is 5.94. The van der Waals surface area contributed by atoms with Gasteiger partial charge in [-0.05, 0) is 112 Å². The third-order valence-corrected chi connectivity index (χ3v) is 6.36. The highest BCUT2D eigenvalue weighted by Gasteiger charge is 2.10. The van der Waals surface area contributed by atoms with Crippen molar-refractivity contribution in [2.24, 2.45) is 0 Å². The number of esters is 3. The van der Waals surface area contributed by atoms with Gasteiger partial charge < -0.3 is 28.4 Å². The SMILES string of the molecule is C=CC(=O)OCCCCOc1ccc(C(=O)Oc2ccc(OC)c(C)c2)cc1.C=CC(=O)OCCCCOc1ccc(C(C)=O)cc1. The molecule has 0 saturated heterocycles. The Hall–Kier alpha value is -5.38. The van der Waals surface area contributed by atoms with E-state index in [-0.39, 0.29) is 5.78 Å². The summed E-state index contributed by atoms with van der Waals surface area (Å²) in [4.78, 5) is 45.0. The van der Waals surface area contributed by atoms with E-state index in [4.69, 9.17) is 28.4 Å². The first-order chi connectivity index (χ1) is 22.7. The minimum Gasteiger partial charge on any atom is -0.496 e. The zero-order valence-corrected chi connectivity index (χ0v) is 27.2. The van der Waals surface area contributed by atoms with Gasteiger partial charge in [0, 0.05) is 17.7 Å². The van der Waals surface area contributed by atoms with Gasteiger partial charge in [-0.2, -0.15) is 0 Å². The van der Waals surface area contributed by atoms with Crippen molar-refractivity contribution < 1.29 is 47.6 Å². The highest BCUT2D eigenvalue weighted by atomic mass is 16.5. The van der Waals surface area contributed by atoms with Crippen LogP contribution >= 0.6 is 0 Å². The number of methoxy groups -OCH3 is 1. The van der Waals surface area contributed by atoms with Crippen LogP contribution in [0.15, 0.2) is 92.0 Å². The maximum atomic E-state index is 12.3. The molecule has 47 heavy (non-hydrogen) atoms. The van der Waals surface area contributed by atoms with Crippen molar-refractivity contribution in [3.63, 3.8) is 0 Å². The summed E-state index contributed by atoms with van der Waals surface area (Å²) >= 11 is 0. The molecule has 0 aliphatic rings. The average molecular weight is 647 g/mol. The fourth-order valence-electron chi connectivity index (χ4n) is 3.81. The fourth-order valence-corrected chi connectivity index (χ4v) is 3.81. The molecule has 0 N–H and O–H groups in total. The number of benzene rings is 3. The third-order valence-electron chi connectivity index (χ3n) is 6.36. The molecule has 3 aromatic rings. The zero-order valence-electron chi connectivity index (χ0n) is 27.2. The Balaban J connectivity index is 0.000000353. The Labute approximate surface area is 275 Å². The largest absolute Gasteiger partial charge is 0.496 e. The van der Waals surface area contributed by atoms with Crippen molar-refractivity contribution in [3.8, 4) is 23.0 Å². The lowest BCUT2D eigenvalue weighted by molar-refractivity contribution is -0.138. The van der Waals surface area contributed by atoms with Crippen LogP contribution < -0.4 is 18.9 Å². The molecule has 3 rings (SSSR count). The summed E-state index contributed by atoms with van der Waals surface area (Å²) in [5.41, 5.74) is 1.98. The van der Waals surface area contributed by atoms with E-state index in [9.17, 15) is 19.2 Å². The van der Waals surface area contributed by atoms with Crippen molar-refractivity contribution in [1.29, 1.82) is 0 Å². The van der Waals surface area contributed by atoms with Crippen molar-refractivity contribution in [2.75, 3.05) is 33.5 Å². The molecule has 0 aliphatic carbocycles. The molecule has 0 heterocycles. The maximum absolute atomic E-state index is 12.3. The Morgan fingerprint density at radius 2 is 1.09 bits per heavy atom. The van der Waals surface area contributed by atoms with Gasteiger partial charge in [0.25, 0.3) is 0 Å². The van der Waals surface area contributed by atoms with Gasteiger partial charge in [0.05, 0.1) is 39.1 Å². The first-order valence-electron chi connectivity index (χ1n) is 15.1. The van der Waals surface area contributed by atoms with Gasteiger partial charge in [0.2, 0.25) is 0 Å². The van der Waals surface area contributed by atoms with E-state index in [1.165, 1.54) is 6.92 Å². The topological polar surface area (TPSA) is 124 Å². The van der Waals surface area contributed by atoms with E-state index in [1.54, 1.807) is 73.8 Å². The molecular weight excluding hydrogens is 604 g/mol. The van der Waals surface area contributed by atoms with E-state index in [1.807, 2.05) is 6.92 Å². The summed E-state index contributed by atoms with van der Waals surface area (Å²) in [6.45, 7) is 11.8. The smallest absolute Gasteiger partial charge is 0.343 e. The van der Waals surface area contributed by atoms with Crippen LogP contribution in [0.3, 0.4) is 0 Å². The summed E-state index contributed by atoms with van der Waals surface area (Å²) in [7, 11) is 1.59. The van der Waals surface area contributed by atoms with Crippen LogP contribution in [0.1, 0.15) is 58.9 Å². The molecule has 10 heteroatoms. The summed E-state index contributed by atoms with van der Waals surface area (Å²) in [5, 5.41) is 0. The van der Waals surface area contributed by atoms with Crippen LogP contribution in [-0.2, 0) is 19.1 Å². The second kappa shape index (κ2) is 21.4. The van der Waals surface area contributed by atoms with Crippen LogP contribution in [0.5, 0.6) is 23.0 Å². The first-order valence-corrected chi connectivity index (χ1v) is 15.1. The molecule has 0 radical (unpaired) electrons. The Morgan fingerprint density at radius 1 is 0.638 bits per heavy atom. The number of hydrogen-bond acceptors (Lipinski definition) is 10. The number of carbonyl (C=O) groups is 4. The number of carbonyl (C=O) groups excluding carboxylic acids is 4. The molecule has 0 spiro atoms. The van der Waals surface area contributed by atoms with Crippen molar-refractivity contribution in [3.05, 3.63) is 109 Å². The lowest BCUT2D eigenvalue weighted by Crippen LogP contribution is -2.08. The number of Topliss-reactive ketones (excluding diaryl/α,β-unsaturated/α-hetero) is 1. The molecule has 250 valence electrons. The molecule has 0 unspecified atom stereocenters. The molecule has 0 aromatic heterocycles. The monoisotopic (exact) mass is 646 g/mol. The lowest BCUT2D eigenvalue weighted by Gasteiger charge is -2.09. The van der Waals surface area contributed by atoms with Gasteiger partial charge in [-0.15, -0.1) is 0 Å². The van der Waals surface area contributed by atoms with E-state index < -0.39 is 17.9 Å². The minimum atomic E-state index is -0.444. The first kappa shape index (κ1) is 37.8. The van der Waals surface area contributed by atoms with E-state index in [2.05, 4.69) is 13.2 Å². The second-order valence-electron chi connectivity index (χ2n) is 9.98. The normalized spacial score (nSPS) is 9.94. The van der Waals surface area contributed by atoms with Gasteiger partial charge in [-0.1, -0.05) is 13.2 Å². The number of unbranched alkanes of at least 4 members (excludes halogenated alkanes) is 2. The van der Waals surface area contributed by atoms with Crippen LogP contribution in [-0.4, -0.2) is 57.2 Å². The number of ether oxygens (including phenoxy) is 6. The second-order valence-corrected chi connectivity index (χ2v) is 9.98. The molecule has 3 aromatic carbocycles. The van der Waals surface area contributed by atoms with E-state index in [0.29, 0.717) is 55.5 Å². The van der Waals surface area contributed by atoms with Gasteiger partial charge in [0.15, 0.2) is 5.78 Å². The Morgan fingerprint density at radius 3 is 1.51 bits per heavy atom. The minimum absolute atomic E-state index is 0.0376. The Kier molecular flexibility index (Phi) is 17.2. The van der Waals surface area contributed by atoms with Gasteiger partial charge in [-0.3, -0.25) is 4.79 Å². The van der Waals surface area contributed by atoms with E-state index >= 15 is 0 Å². The predicted octanol–water partition coefficient (Wildman–Crippen LogP) is 6.89. The van der Waals surface area contributed by atoms with Crippen LogP contribution in [0.2, 0.25) is 0 Å². The van der Waals surface area contributed by atoms with Crippen LogP contribution in [0.4, 0.5) is 0 Å². The van der Waals surface area contributed by atoms with Crippen molar-refractivity contribution in [2.45, 2.75) is 39.5 Å². The zero-order chi connectivity index (χ0) is 34.4. The van der Waals surface area contributed by atoms with E-state index in [0.717, 1.165) is 48.5 Å². The van der Waals surface area contributed by atoms with Gasteiger partial charge in [-0.25, -0.2) is 14.4 Å². The Bertz CT molecular complexity index is 1460. The van der Waals surface area contributed by atoms with Crippen molar-refractivity contribution >= 4 is 23.7 Å². The summed E-state index contributed by atoms with van der Waals surface area (Å²) in [6, 6.07) is 19.0. The standard InChI is InChI=1S/C22H24O6.C15H18O4/c1-4-21(23)27-14-6-5-13-26-18-9-7-17(8-10-18)22(24)28-19-11-12-20(25-3)16(2)15-19;1-3-15(17)19-11-5-4-10-18-14-8-6-13(7-9-14)12(2)16/h4,7-12,15H,1,5-6,13-14H2,2-3H3;3,6-9H,1,4-5,10-11H2,2H3. The predicted molar refractivity (Wildman–Crippen MR) is 177 cm³/mol. The lowest BCUT2D eigenvalue weighted by atomic mass is 10.1. The summed E-state index contributed by atoms with van der Waals surface area (Å²) in [5.74, 6) is 1.35. The van der Waals surface area contributed by atoms with Crippen LogP contribution in [0, 0.1) is 6.92 Å². The molecule has 0 aliphatic heterocycles. The van der Waals surface area contributed by atoms with Gasteiger partial charge >= 0.3 is 17.9 Å². The molecule has 0 atom stereocenters. The summed E-state index contributed by atoms with van der Waals surface area (Å²) < 4.78 is 31.4. The third kappa shape index (κ3) is 15.0. The molecular formula is C37H42O10. The fraction of sp³-hybridized carbons (Fsp3) is 0.297. The number of hydrogen-bond donors (Lipinski definition) is 0. The maximum Gasteiger partial charge on any atom is 0.343 e. The summed E-state index contributed by atoms with van der Waals surface area (Å²) in [6.07, 6.45) is 5.26. The number of rotatable bonds is 18. The quantitative estimate of drug-likeness (QED) is 0.0475.